The molecule has 2 N–H and O–H groups in total. The number of carbonyl (C=O) groups excluding carboxylic acids is 3. The van der Waals surface area contributed by atoms with E-state index in [9.17, 15) is 24.3 Å². The Kier molecular flexibility index (Phi) is 11.1. The Bertz CT molecular complexity index is 1750. The third-order valence-electron chi connectivity index (χ3n) is 16.3. The molecule has 4 fully saturated rings. The fourth-order valence-corrected chi connectivity index (χ4v) is 13.7. The van der Waals surface area contributed by atoms with Crippen LogP contribution in [0.25, 0.3) is 0 Å². The number of ketones is 1. The van der Waals surface area contributed by atoms with E-state index in [1.54, 1.807) is 13.8 Å². The van der Waals surface area contributed by atoms with Crippen LogP contribution in [0.2, 0.25) is 5.02 Å². The van der Waals surface area contributed by atoms with E-state index in [4.69, 9.17) is 21.1 Å². The first kappa shape index (κ1) is 41.9. The molecule has 0 aliphatic heterocycles. The van der Waals surface area contributed by atoms with Crippen molar-refractivity contribution in [2.45, 2.75) is 152 Å². The summed E-state index contributed by atoms with van der Waals surface area (Å²) < 4.78 is 12.5. The minimum Gasteiger partial charge on any atom is -0.481 e. The van der Waals surface area contributed by atoms with E-state index in [0.717, 1.165) is 62.5 Å². The second-order valence-electron chi connectivity index (χ2n) is 20.4. The molecule has 4 saturated carbocycles. The van der Waals surface area contributed by atoms with Crippen molar-refractivity contribution < 1.29 is 33.8 Å². The molecule has 0 amide bonds. The van der Waals surface area contributed by atoms with Crippen molar-refractivity contribution in [3.05, 3.63) is 46.0 Å². The summed E-state index contributed by atoms with van der Waals surface area (Å²) in [6, 6.07) is 7.77. The summed E-state index contributed by atoms with van der Waals surface area (Å²) in [5, 5.41) is 13.9. The summed E-state index contributed by atoms with van der Waals surface area (Å²) in [5.41, 5.74) is 1.31. The van der Waals surface area contributed by atoms with Crippen LogP contribution in [0, 0.1) is 56.2 Å². The number of aliphatic carboxylic acids is 1. The Hall–Kier alpha value is -2.71. The molecule has 0 bridgehead atoms. The second-order valence-corrected chi connectivity index (χ2v) is 20.9. The number of rotatable bonds is 11. The van der Waals surface area contributed by atoms with Crippen molar-refractivity contribution in [1.29, 1.82) is 0 Å². The first-order chi connectivity index (χ1) is 25.5. The third-order valence-corrected chi connectivity index (χ3v) is 16.6. The number of fused-ring (bicyclic) bond motifs is 7. The molecule has 5 aliphatic rings. The molecule has 0 spiro atoms. The highest BCUT2D eigenvalue weighted by Crippen LogP contribution is 2.77. The number of carboxylic acid groups (broad SMARTS) is 1. The number of nitrogens with one attached hydrogen (secondary N) is 1. The van der Waals surface area contributed by atoms with Crippen LogP contribution in [0.5, 0.6) is 0 Å². The largest absolute Gasteiger partial charge is 0.481 e. The minimum absolute atomic E-state index is 0.0148. The molecule has 0 radical (unpaired) electrons. The van der Waals surface area contributed by atoms with Crippen LogP contribution in [0.3, 0.4) is 0 Å². The number of Topliss-reactive ketones (excluding diaryl/α,β-unsaturated/α-hetero) is 1. The molecular formula is C46H66ClNO7. The summed E-state index contributed by atoms with van der Waals surface area (Å²) in [6.07, 6.45) is 7.12. The van der Waals surface area contributed by atoms with Gasteiger partial charge in [0.15, 0.2) is 5.78 Å². The quantitative estimate of drug-likeness (QED) is 0.213. The van der Waals surface area contributed by atoms with Crippen LogP contribution in [0.1, 0.15) is 139 Å². The van der Waals surface area contributed by atoms with Crippen LogP contribution >= 0.6 is 11.6 Å². The zero-order chi connectivity index (χ0) is 40.5. The van der Waals surface area contributed by atoms with Crippen molar-refractivity contribution in [1.82, 2.24) is 5.32 Å². The van der Waals surface area contributed by atoms with Gasteiger partial charge in [0.05, 0.1) is 11.8 Å². The predicted molar refractivity (Wildman–Crippen MR) is 214 cm³/mol. The van der Waals surface area contributed by atoms with E-state index in [2.05, 4.69) is 53.8 Å². The summed E-state index contributed by atoms with van der Waals surface area (Å²) >= 11 is 6.29. The van der Waals surface area contributed by atoms with Crippen LogP contribution in [0.15, 0.2) is 35.4 Å². The van der Waals surface area contributed by atoms with Gasteiger partial charge in [-0.1, -0.05) is 72.2 Å². The Labute approximate surface area is 334 Å². The number of esters is 2. The smallest absolute Gasteiger partial charge is 0.309 e. The predicted octanol–water partition coefficient (Wildman–Crippen LogP) is 9.75. The fourth-order valence-electron chi connectivity index (χ4n) is 13.4. The summed E-state index contributed by atoms with van der Waals surface area (Å²) in [6.45, 7) is 22.1. The van der Waals surface area contributed by atoms with E-state index >= 15 is 0 Å². The van der Waals surface area contributed by atoms with Crippen LogP contribution in [-0.2, 0) is 35.2 Å². The maximum atomic E-state index is 14.3. The van der Waals surface area contributed by atoms with Gasteiger partial charge in [0.2, 0.25) is 0 Å². The average molecular weight is 780 g/mol. The van der Waals surface area contributed by atoms with E-state index in [-0.39, 0.29) is 57.8 Å². The molecule has 9 atom stereocenters. The SMILES string of the molecule is CC(=O)O[C@H](CNCc1cccc(Cl)c1)[C@]12CC[C@]3(C)[C@H](CC[C@@H]4[C@@]5(C)CC[C@H](OC(=O)CC(C)(C)C(=O)O)C(C)(C)[C@@H]5CC[C@]43C)C1=C(C(C)C)C(=O)C2. The molecule has 0 aromatic heterocycles. The van der Waals surface area contributed by atoms with Crippen LogP contribution < -0.4 is 5.32 Å². The molecule has 8 nitrogen and oxygen atoms in total. The standard InChI is InChI=1S/C46H66ClNO7/c1-27(2)38-32(50)23-46(36(54-28(3)49)26-48-25-29-12-11-13-30(47)22-29)21-20-44(9)31(39(38)46)14-15-34-43(8)18-17-35(55-37(51)24-41(4,5)40(52)53)42(6,7)33(43)16-19-45(34,44)10/h11-13,22,27,31,33-36,48H,14-21,23-26H2,1-10H3,(H,52,53)/t31-,33+,34-,35+,36-,43+,44-,45-,46-/m1/s1. The highest BCUT2D eigenvalue weighted by Gasteiger charge is 2.71. The number of hydrogen-bond donors (Lipinski definition) is 2. The lowest BCUT2D eigenvalue weighted by molar-refractivity contribution is -0.235. The minimum atomic E-state index is -1.18. The van der Waals surface area contributed by atoms with E-state index in [1.807, 2.05) is 24.3 Å². The molecule has 0 saturated heterocycles. The molecule has 9 heteroatoms. The lowest BCUT2D eigenvalue weighted by Gasteiger charge is -2.72. The molecule has 1 aromatic carbocycles. The van der Waals surface area contributed by atoms with Gasteiger partial charge in [0.1, 0.15) is 12.2 Å². The Morgan fingerprint density at radius 1 is 0.964 bits per heavy atom. The lowest BCUT2D eigenvalue weighted by Crippen LogP contribution is -2.66. The van der Waals surface area contributed by atoms with Crippen molar-refractivity contribution in [2.24, 2.45) is 56.2 Å². The molecule has 1 aromatic rings. The van der Waals surface area contributed by atoms with Crippen molar-refractivity contribution >= 4 is 35.3 Å². The van der Waals surface area contributed by atoms with E-state index in [0.29, 0.717) is 36.4 Å². The monoisotopic (exact) mass is 779 g/mol. The Balaban J connectivity index is 1.30. The lowest BCUT2D eigenvalue weighted by atomic mass is 9.33. The third kappa shape index (κ3) is 6.91. The highest BCUT2D eigenvalue weighted by molar-refractivity contribution is 6.30. The zero-order valence-corrected chi connectivity index (χ0v) is 35.8. The number of allylic oxidation sites excluding steroid dienone is 1. The van der Waals surface area contributed by atoms with Gasteiger partial charge in [0.25, 0.3) is 0 Å². The molecule has 5 aliphatic carbocycles. The van der Waals surface area contributed by atoms with Gasteiger partial charge in [-0.2, -0.15) is 0 Å². The Morgan fingerprint density at radius 3 is 2.31 bits per heavy atom. The maximum absolute atomic E-state index is 14.3. The first-order valence-corrected chi connectivity index (χ1v) is 21.2. The molecule has 0 heterocycles. The van der Waals surface area contributed by atoms with E-state index < -0.39 is 28.9 Å². The average Bonchev–Trinajstić information content (AvgIpc) is 3.38. The van der Waals surface area contributed by atoms with Gasteiger partial charge in [0, 0.05) is 42.3 Å². The molecule has 304 valence electrons. The molecule has 0 unspecified atom stereocenters. The highest BCUT2D eigenvalue weighted by atomic mass is 35.5. The number of halogens is 1. The van der Waals surface area contributed by atoms with Gasteiger partial charge in [-0.15, -0.1) is 0 Å². The van der Waals surface area contributed by atoms with Gasteiger partial charge >= 0.3 is 17.9 Å². The molecule has 55 heavy (non-hydrogen) atoms. The fraction of sp³-hybridized carbons (Fsp3) is 0.739. The van der Waals surface area contributed by atoms with Crippen molar-refractivity contribution in [2.75, 3.05) is 6.54 Å². The number of benzene rings is 1. The van der Waals surface area contributed by atoms with Crippen LogP contribution in [0.4, 0.5) is 0 Å². The number of hydrogen-bond acceptors (Lipinski definition) is 7. The zero-order valence-electron chi connectivity index (χ0n) is 35.0. The van der Waals surface area contributed by atoms with Crippen LogP contribution in [-0.4, -0.2) is 47.6 Å². The Morgan fingerprint density at radius 2 is 1.67 bits per heavy atom. The molecule has 6 rings (SSSR count). The maximum Gasteiger partial charge on any atom is 0.309 e. The number of carboxylic acids is 1. The molecular weight excluding hydrogens is 714 g/mol. The summed E-state index contributed by atoms with van der Waals surface area (Å²) in [5.74, 6) is -0.454. The second kappa shape index (κ2) is 14.6. The number of ether oxygens (including phenoxy) is 2. The van der Waals surface area contributed by atoms with Gasteiger partial charge in [-0.05, 0) is 134 Å². The van der Waals surface area contributed by atoms with Crippen molar-refractivity contribution in [3.63, 3.8) is 0 Å². The normalized spacial score (nSPS) is 36.0. The van der Waals surface area contributed by atoms with Crippen molar-refractivity contribution in [3.8, 4) is 0 Å². The summed E-state index contributed by atoms with van der Waals surface area (Å²) in [7, 11) is 0. The van der Waals surface area contributed by atoms with Gasteiger partial charge < -0.3 is 19.9 Å². The first-order valence-electron chi connectivity index (χ1n) is 20.9. The summed E-state index contributed by atoms with van der Waals surface area (Å²) in [4.78, 5) is 52.0. The van der Waals surface area contributed by atoms with Gasteiger partial charge in [-0.3, -0.25) is 19.2 Å². The van der Waals surface area contributed by atoms with E-state index in [1.165, 1.54) is 12.5 Å². The number of carbonyl (C=O) groups is 4. The topological polar surface area (TPSA) is 119 Å². The van der Waals surface area contributed by atoms with Gasteiger partial charge in [-0.25, -0.2) is 0 Å².